The Hall–Kier alpha value is -3.75. The van der Waals surface area contributed by atoms with Gasteiger partial charge in [0.05, 0.1) is 16.5 Å². The summed E-state index contributed by atoms with van der Waals surface area (Å²) in [6, 6.07) is 19.2. The lowest BCUT2D eigenvalue weighted by atomic mass is 9.84. The van der Waals surface area contributed by atoms with Crippen molar-refractivity contribution in [1.82, 2.24) is 14.5 Å². The van der Waals surface area contributed by atoms with E-state index < -0.39 is 35.8 Å². The number of esters is 2. The zero-order valence-corrected chi connectivity index (χ0v) is 20.5. The SMILES string of the molecule is CC1(C)C(n2ccc3c(Cl)ncnc32)OC(COC(=O)c2ccccc2)[C@H]1OC(=O)c1ccccc1. The monoisotopic (exact) mass is 505 g/mol. The van der Waals surface area contributed by atoms with Gasteiger partial charge in [-0.1, -0.05) is 61.8 Å². The average molecular weight is 506 g/mol. The van der Waals surface area contributed by atoms with Crippen LogP contribution in [0.25, 0.3) is 11.0 Å². The summed E-state index contributed by atoms with van der Waals surface area (Å²) in [5.41, 5.74) is 0.704. The second-order valence-electron chi connectivity index (χ2n) is 9.13. The van der Waals surface area contributed by atoms with Crippen molar-refractivity contribution >= 4 is 34.6 Å². The normalized spacial score (nSPS) is 20.8. The standard InChI is InChI=1S/C27H24ClN3O5/c1-27(2)21(36-25(33)18-11-7-4-8-12-18)20(15-34-24(32)17-9-5-3-6-10-17)35-26(27)31-14-13-19-22(28)29-16-30-23(19)31/h3-14,16,20-21,26H,15H2,1-2H3/t20?,21-,26?/m1/s1. The molecule has 8 nitrogen and oxygen atoms in total. The Morgan fingerprint density at radius 1 is 0.972 bits per heavy atom. The summed E-state index contributed by atoms with van der Waals surface area (Å²) in [7, 11) is 0. The molecule has 1 aliphatic heterocycles. The molecule has 1 saturated heterocycles. The molecule has 2 aromatic carbocycles. The maximum atomic E-state index is 13.0. The van der Waals surface area contributed by atoms with Gasteiger partial charge in [0.1, 0.15) is 42.2 Å². The van der Waals surface area contributed by atoms with Crippen LogP contribution in [0.2, 0.25) is 5.15 Å². The predicted octanol–water partition coefficient (Wildman–Crippen LogP) is 5.09. The molecule has 0 amide bonds. The average Bonchev–Trinajstić information content (AvgIpc) is 3.42. The Bertz CT molecular complexity index is 1390. The molecule has 36 heavy (non-hydrogen) atoms. The fourth-order valence-electron chi connectivity index (χ4n) is 4.51. The van der Waals surface area contributed by atoms with Crippen LogP contribution in [-0.2, 0) is 14.2 Å². The highest BCUT2D eigenvalue weighted by Crippen LogP contribution is 2.48. The van der Waals surface area contributed by atoms with Crippen LogP contribution < -0.4 is 0 Å². The lowest BCUT2D eigenvalue weighted by Crippen LogP contribution is -2.40. The summed E-state index contributed by atoms with van der Waals surface area (Å²) < 4.78 is 19.8. The molecule has 0 aliphatic carbocycles. The highest BCUT2D eigenvalue weighted by molar-refractivity contribution is 6.33. The number of fused-ring (bicyclic) bond motifs is 1. The van der Waals surface area contributed by atoms with Crippen LogP contribution >= 0.6 is 11.6 Å². The number of hydrogen-bond donors (Lipinski definition) is 0. The summed E-state index contributed by atoms with van der Waals surface area (Å²) in [4.78, 5) is 34.0. The van der Waals surface area contributed by atoms with Crippen molar-refractivity contribution in [2.24, 2.45) is 5.41 Å². The topological polar surface area (TPSA) is 92.5 Å². The maximum Gasteiger partial charge on any atom is 0.338 e. The number of ether oxygens (including phenoxy) is 3. The van der Waals surface area contributed by atoms with E-state index in [9.17, 15) is 9.59 Å². The smallest absolute Gasteiger partial charge is 0.338 e. The van der Waals surface area contributed by atoms with E-state index in [4.69, 9.17) is 25.8 Å². The maximum absolute atomic E-state index is 13.0. The summed E-state index contributed by atoms with van der Waals surface area (Å²) in [6.45, 7) is 3.78. The number of aromatic nitrogens is 3. The van der Waals surface area contributed by atoms with Gasteiger partial charge in [0.2, 0.25) is 0 Å². The minimum Gasteiger partial charge on any atom is -0.459 e. The van der Waals surface area contributed by atoms with Gasteiger partial charge in [0.15, 0.2) is 0 Å². The van der Waals surface area contributed by atoms with E-state index in [1.807, 2.05) is 42.8 Å². The molecular weight excluding hydrogens is 482 g/mol. The molecule has 1 fully saturated rings. The van der Waals surface area contributed by atoms with Gasteiger partial charge < -0.3 is 18.8 Å². The van der Waals surface area contributed by atoms with E-state index >= 15 is 0 Å². The number of carbonyl (C=O) groups is 2. The van der Waals surface area contributed by atoms with Crippen molar-refractivity contribution in [3.8, 4) is 0 Å². The van der Waals surface area contributed by atoms with E-state index in [1.165, 1.54) is 6.33 Å². The molecule has 1 aliphatic rings. The van der Waals surface area contributed by atoms with Gasteiger partial charge in [-0.05, 0) is 30.3 Å². The second kappa shape index (κ2) is 9.72. The zero-order valence-electron chi connectivity index (χ0n) is 19.7. The first-order chi connectivity index (χ1) is 17.4. The first-order valence-electron chi connectivity index (χ1n) is 11.5. The summed E-state index contributed by atoms with van der Waals surface area (Å²) >= 11 is 6.25. The van der Waals surface area contributed by atoms with E-state index in [0.717, 1.165) is 0 Å². The highest BCUT2D eigenvalue weighted by Gasteiger charge is 2.54. The van der Waals surface area contributed by atoms with E-state index in [1.54, 1.807) is 48.5 Å². The highest BCUT2D eigenvalue weighted by atomic mass is 35.5. The number of benzene rings is 2. The van der Waals surface area contributed by atoms with E-state index in [-0.39, 0.29) is 6.61 Å². The van der Waals surface area contributed by atoms with Gasteiger partial charge in [-0.3, -0.25) is 0 Å². The Labute approximate surface area is 212 Å². The molecule has 3 heterocycles. The lowest BCUT2D eigenvalue weighted by molar-refractivity contribution is -0.0578. The van der Waals surface area contributed by atoms with Crippen LogP contribution in [0.15, 0.2) is 79.3 Å². The van der Waals surface area contributed by atoms with Crippen LogP contribution in [-0.4, -0.2) is 45.3 Å². The first kappa shape index (κ1) is 24.0. The van der Waals surface area contributed by atoms with Crippen molar-refractivity contribution < 1.29 is 23.8 Å². The molecule has 5 rings (SSSR count). The molecule has 4 aromatic rings. The van der Waals surface area contributed by atoms with Crippen molar-refractivity contribution in [3.63, 3.8) is 0 Å². The molecule has 184 valence electrons. The number of halogens is 1. The molecule has 2 aromatic heterocycles. The Balaban J connectivity index is 1.45. The third kappa shape index (κ3) is 4.45. The number of nitrogens with zero attached hydrogens (tertiary/aromatic N) is 3. The minimum atomic E-state index is -0.728. The van der Waals surface area contributed by atoms with Crippen molar-refractivity contribution in [2.45, 2.75) is 32.3 Å². The Morgan fingerprint density at radius 3 is 2.28 bits per heavy atom. The second-order valence-corrected chi connectivity index (χ2v) is 9.49. The number of rotatable bonds is 6. The Kier molecular flexibility index (Phi) is 6.47. The molecule has 0 saturated carbocycles. The largest absolute Gasteiger partial charge is 0.459 e. The minimum absolute atomic E-state index is 0.102. The third-order valence-corrected chi connectivity index (χ3v) is 6.66. The fraction of sp³-hybridized carbons (Fsp3) is 0.259. The van der Waals surface area contributed by atoms with Crippen LogP contribution in [0.3, 0.4) is 0 Å². The van der Waals surface area contributed by atoms with Crippen LogP contribution in [0.1, 0.15) is 40.8 Å². The van der Waals surface area contributed by atoms with Gasteiger partial charge in [0, 0.05) is 11.6 Å². The molecule has 2 unspecified atom stereocenters. The molecule has 0 spiro atoms. The van der Waals surface area contributed by atoms with Crippen LogP contribution in [0, 0.1) is 5.41 Å². The number of hydrogen-bond acceptors (Lipinski definition) is 7. The lowest BCUT2D eigenvalue weighted by Gasteiger charge is -2.31. The molecule has 3 atom stereocenters. The molecular formula is C27H24ClN3O5. The van der Waals surface area contributed by atoms with Gasteiger partial charge >= 0.3 is 11.9 Å². The van der Waals surface area contributed by atoms with Crippen molar-refractivity contribution in [1.29, 1.82) is 0 Å². The molecule has 0 N–H and O–H groups in total. The van der Waals surface area contributed by atoms with Gasteiger partial charge in [0.25, 0.3) is 0 Å². The summed E-state index contributed by atoms with van der Waals surface area (Å²) in [5, 5.41) is 1.00. The van der Waals surface area contributed by atoms with Crippen LogP contribution in [0.5, 0.6) is 0 Å². The summed E-state index contributed by atoms with van der Waals surface area (Å²) in [5.74, 6) is -0.973. The van der Waals surface area contributed by atoms with Crippen molar-refractivity contribution in [3.05, 3.63) is 95.5 Å². The Morgan fingerprint density at radius 2 is 1.61 bits per heavy atom. The van der Waals surface area contributed by atoms with Crippen LogP contribution in [0.4, 0.5) is 0 Å². The fourth-order valence-corrected chi connectivity index (χ4v) is 4.70. The van der Waals surface area contributed by atoms with Gasteiger partial charge in [-0.2, -0.15) is 0 Å². The number of carbonyl (C=O) groups excluding carboxylic acids is 2. The predicted molar refractivity (Wildman–Crippen MR) is 133 cm³/mol. The molecule has 0 bridgehead atoms. The van der Waals surface area contributed by atoms with E-state index in [2.05, 4.69) is 9.97 Å². The molecule has 9 heteroatoms. The molecule has 0 radical (unpaired) electrons. The third-order valence-electron chi connectivity index (χ3n) is 6.36. The van der Waals surface area contributed by atoms with Crippen molar-refractivity contribution in [2.75, 3.05) is 6.61 Å². The van der Waals surface area contributed by atoms with E-state index in [0.29, 0.717) is 27.3 Å². The van der Waals surface area contributed by atoms with Gasteiger partial charge in [-0.15, -0.1) is 0 Å². The zero-order chi connectivity index (χ0) is 25.3. The quantitative estimate of drug-likeness (QED) is 0.266. The first-order valence-corrected chi connectivity index (χ1v) is 11.8. The van der Waals surface area contributed by atoms with Gasteiger partial charge in [-0.25, -0.2) is 19.6 Å². The summed E-state index contributed by atoms with van der Waals surface area (Å²) in [6.07, 6.45) is 1.16.